The minimum atomic E-state index is -3.32. The predicted molar refractivity (Wildman–Crippen MR) is 47.1 cm³/mol. The van der Waals surface area contributed by atoms with Gasteiger partial charge in [-0.3, -0.25) is 0 Å². The number of halogens is 2. The third kappa shape index (κ3) is 2.18. The fourth-order valence-electron chi connectivity index (χ4n) is 0.310. The number of hydrogen-bond donors (Lipinski definition) is 1. The SMILES string of the molecule is C[C@@H](O)C(Br)(Br)S(C)(=O)=O. The van der Waals surface area contributed by atoms with Gasteiger partial charge in [0.1, 0.15) is 0 Å². The molecule has 6 heteroatoms. The van der Waals surface area contributed by atoms with Crippen LogP contribution in [0.25, 0.3) is 0 Å². The Labute approximate surface area is 77.0 Å². The number of aliphatic hydroxyl groups excluding tert-OH is 1. The van der Waals surface area contributed by atoms with Crippen LogP contribution < -0.4 is 0 Å². The molecule has 1 atom stereocenters. The zero-order valence-corrected chi connectivity index (χ0v) is 9.49. The van der Waals surface area contributed by atoms with Gasteiger partial charge in [0.15, 0.2) is 9.84 Å². The molecule has 0 saturated heterocycles. The summed E-state index contributed by atoms with van der Waals surface area (Å²) in [5, 5.41) is 8.94. The van der Waals surface area contributed by atoms with Crippen LogP contribution in [0.5, 0.6) is 0 Å². The molecule has 0 aliphatic heterocycles. The Morgan fingerprint density at radius 1 is 1.50 bits per heavy atom. The first kappa shape index (κ1) is 10.9. The molecule has 0 unspecified atom stereocenters. The van der Waals surface area contributed by atoms with Gasteiger partial charge in [-0.2, -0.15) is 0 Å². The molecule has 0 radical (unpaired) electrons. The molecule has 0 aliphatic carbocycles. The van der Waals surface area contributed by atoms with E-state index < -0.39 is 18.5 Å². The standard InChI is InChI=1S/C4H8Br2O3S/c1-3(7)4(5,6)10(2,8)9/h3,7H,1-2H3/t3-/m1/s1. The molecule has 0 heterocycles. The van der Waals surface area contributed by atoms with Gasteiger partial charge in [0.2, 0.25) is 2.57 Å². The largest absolute Gasteiger partial charge is 0.390 e. The highest BCUT2D eigenvalue weighted by molar-refractivity contribution is 9.28. The topological polar surface area (TPSA) is 54.4 Å². The Morgan fingerprint density at radius 3 is 1.80 bits per heavy atom. The Kier molecular flexibility index (Phi) is 3.35. The van der Waals surface area contributed by atoms with E-state index in [1.807, 2.05) is 0 Å². The van der Waals surface area contributed by atoms with Crippen LogP contribution in [0.3, 0.4) is 0 Å². The number of hydrogen-bond acceptors (Lipinski definition) is 3. The highest BCUT2D eigenvalue weighted by Crippen LogP contribution is 2.35. The lowest BCUT2D eigenvalue weighted by molar-refractivity contribution is 0.205. The van der Waals surface area contributed by atoms with Gasteiger partial charge in [-0.15, -0.1) is 0 Å². The fourth-order valence-corrected chi connectivity index (χ4v) is 0.929. The van der Waals surface area contributed by atoms with Crippen molar-refractivity contribution in [1.29, 1.82) is 0 Å². The van der Waals surface area contributed by atoms with Crippen molar-refractivity contribution in [2.75, 3.05) is 6.26 Å². The average Bonchev–Trinajstić information content (AvgIpc) is 1.62. The molecule has 0 aromatic rings. The lowest BCUT2D eigenvalue weighted by atomic mass is 10.5. The van der Waals surface area contributed by atoms with E-state index in [0.717, 1.165) is 6.26 Å². The lowest BCUT2D eigenvalue weighted by Crippen LogP contribution is -2.35. The van der Waals surface area contributed by atoms with Crippen LogP contribution in [-0.4, -0.2) is 28.4 Å². The van der Waals surface area contributed by atoms with Gasteiger partial charge in [0, 0.05) is 6.26 Å². The summed E-state index contributed by atoms with van der Waals surface area (Å²) in [7, 11) is -3.32. The first-order chi connectivity index (χ1) is 4.19. The lowest BCUT2D eigenvalue weighted by Gasteiger charge is -2.20. The highest BCUT2D eigenvalue weighted by Gasteiger charge is 2.39. The van der Waals surface area contributed by atoms with Gasteiger partial charge in [-0.25, -0.2) is 8.42 Å². The first-order valence-corrected chi connectivity index (χ1v) is 5.93. The summed E-state index contributed by atoms with van der Waals surface area (Å²) in [6.07, 6.45) is 0.0333. The van der Waals surface area contributed by atoms with E-state index in [4.69, 9.17) is 5.11 Å². The van der Waals surface area contributed by atoms with E-state index >= 15 is 0 Å². The van der Waals surface area contributed by atoms with Crippen molar-refractivity contribution in [2.24, 2.45) is 0 Å². The second-order valence-corrected chi connectivity index (χ2v) is 8.81. The predicted octanol–water partition coefficient (Wildman–Crippen LogP) is 0.855. The number of aliphatic hydroxyl groups is 1. The van der Waals surface area contributed by atoms with Crippen LogP contribution in [-0.2, 0) is 9.84 Å². The molecular formula is C4H8Br2O3S. The van der Waals surface area contributed by atoms with Crippen LogP contribution >= 0.6 is 31.9 Å². The summed E-state index contributed by atoms with van der Waals surface area (Å²) < 4.78 is 20.3. The molecule has 0 aromatic carbocycles. The maximum atomic E-state index is 10.8. The Balaban J connectivity index is 4.76. The quantitative estimate of drug-likeness (QED) is 0.769. The number of rotatable bonds is 2. The Morgan fingerprint density at radius 2 is 1.80 bits per heavy atom. The number of sulfone groups is 1. The van der Waals surface area contributed by atoms with Gasteiger partial charge < -0.3 is 5.11 Å². The summed E-state index contributed by atoms with van der Waals surface area (Å²) >= 11 is 5.69. The normalized spacial score (nSPS) is 16.9. The van der Waals surface area contributed by atoms with E-state index in [1.54, 1.807) is 0 Å². The van der Waals surface area contributed by atoms with Crippen LogP contribution in [0.4, 0.5) is 0 Å². The average molecular weight is 296 g/mol. The molecule has 0 bridgehead atoms. The molecule has 0 amide bonds. The van der Waals surface area contributed by atoms with Crippen molar-refractivity contribution >= 4 is 41.7 Å². The molecule has 1 N–H and O–H groups in total. The zero-order chi connectivity index (χ0) is 8.58. The van der Waals surface area contributed by atoms with E-state index in [0.29, 0.717) is 0 Å². The monoisotopic (exact) mass is 294 g/mol. The summed E-state index contributed by atoms with van der Waals surface area (Å²) in [6, 6.07) is 0. The van der Waals surface area contributed by atoms with Crippen molar-refractivity contribution in [1.82, 2.24) is 0 Å². The molecule has 0 aliphatic rings. The number of alkyl halides is 2. The summed E-state index contributed by atoms with van der Waals surface area (Å²) in [5.41, 5.74) is 0. The first-order valence-electron chi connectivity index (χ1n) is 2.45. The highest BCUT2D eigenvalue weighted by atomic mass is 79.9. The van der Waals surface area contributed by atoms with E-state index in [-0.39, 0.29) is 0 Å². The van der Waals surface area contributed by atoms with E-state index in [2.05, 4.69) is 31.9 Å². The van der Waals surface area contributed by atoms with Gasteiger partial charge in [-0.05, 0) is 6.92 Å². The maximum Gasteiger partial charge on any atom is 0.206 e. The molecular weight excluding hydrogens is 288 g/mol. The molecule has 62 valence electrons. The fraction of sp³-hybridized carbons (Fsp3) is 1.00. The van der Waals surface area contributed by atoms with Gasteiger partial charge >= 0.3 is 0 Å². The van der Waals surface area contributed by atoms with Crippen molar-refractivity contribution in [3.8, 4) is 0 Å². The molecule has 0 fully saturated rings. The zero-order valence-electron chi connectivity index (χ0n) is 5.51. The van der Waals surface area contributed by atoms with Crippen LogP contribution in [0.1, 0.15) is 6.92 Å². The maximum absolute atomic E-state index is 10.8. The summed E-state index contributed by atoms with van der Waals surface area (Å²) in [6.45, 7) is 1.38. The third-order valence-electron chi connectivity index (χ3n) is 0.981. The van der Waals surface area contributed by atoms with Crippen molar-refractivity contribution in [3.63, 3.8) is 0 Å². The third-order valence-corrected chi connectivity index (χ3v) is 7.16. The van der Waals surface area contributed by atoms with Gasteiger partial charge in [-0.1, -0.05) is 31.9 Å². The van der Waals surface area contributed by atoms with E-state index in [1.165, 1.54) is 6.92 Å². The molecule has 10 heavy (non-hydrogen) atoms. The summed E-state index contributed by atoms with van der Waals surface area (Å²) in [5.74, 6) is 0. The minimum absolute atomic E-state index is 0.998. The van der Waals surface area contributed by atoms with Crippen LogP contribution in [0.15, 0.2) is 0 Å². The molecule has 3 nitrogen and oxygen atoms in total. The second kappa shape index (κ2) is 3.08. The van der Waals surface area contributed by atoms with E-state index in [9.17, 15) is 8.42 Å². The summed E-state index contributed by atoms with van der Waals surface area (Å²) in [4.78, 5) is 0. The Bertz CT molecular complexity index is 207. The molecule has 0 spiro atoms. The van der Waals surface area contributed by atoms with Crippen molar-refractivity contribution in [2.45, 2.75) is 15.6 Å². The molecule has 0 aromatic heterocycles. The Hall–Kier alpha value is 0.870. The molecule has 0 rings (SSSR count). The second-order valence-electron chi connectivity index (χ2n) is 2.01. The molecule has 0 saturated carbocycles. The van der Waals surface area contributed by atoms with Crippen molar-refractivity contribution in [3.05, 3.63) is 0 Å². The van der Waals surface area contributed by atoms with Gasteiger partial charge in [0.05, 0.1) is 6.10 Å². The smallest absolute Gasteiger partial charge is 0.206 e. The van der Waals surface area contributed by atoms with Gasteiger partial charge in [0.25, 0.3) is 0 Å². The van der Waals surface area contributed by atoms with Crippen LogP contribution in [0, 0.1) is 0 Å². The van der Waals surface area contributed by atoms with Crippen LogP contribution in [0.2, 0.25) is 0 Å². The minimum Gasteiger partial charge on any atom is -0.390 e. The van der Waals surface area contributed by atoms with Crippen molar-refractivity contribution < 1.29 is 13.5 Å².